The number of halogens is 1. The molecule has 0 aromatic rings. The zero-order valence-corrected chi connectivity index (χ0v) is 8.06. The van der Waals surface area contributed by atoms with Crippen LogP contribution in [0.3, 0.4) is 0 Å². The van der Waals surface area contributed by atoms with Gasteiger partial charge in [0.25, 0.3) is 0 Å². The number of fused-ring (bicyclic) bond motifs is 2. The fourth-order valence-electron chi connectivity index (χ4n) is 2.05. The van der Waals surface area contributed by atoms with Crippen LogP contribution in [0.2, 0.25) is 0 Å². The molecule has 2 aliphatic heterocycles. The van der Waals surface area contributed by atoms with E-state index in [4.69, 9.17) is 0 Å². The minimum absolute atomic E-state index is 0. The van der Waals surface area contributed by atoms with E-state index >= 15 is 0 Å². The van der Waals surface area contributed by atoms with E-state index in [9.17, 15) is 4.79 Å². The average molecular weight is 191 g/mol. The molecule has 0 saturated carbocycles. The zero-order valence-electron chi connectivity index (χ0n) is 7.25. The summed E-state index contributed by atoms with van der Waals surface area (Å²) in [5, 5.41) is 3.48. The molecule has 2 saturated heterocycles. The van der Waals surface area contributed by atoms with Crippen molar-refractivity contribution in [2.75, 3.05) is 13.1 Å². The lowest BCUT2D eigenvalue weighted by atomic mass is 10.2. The van der Waals surface area contributed by atoms with Gasteiger partial charge in [-0.25, -0.2) is 0 Å². The maximum atomic E-state index is 11.0. The molecule has 0 aromatic heterocycles. The van der Waals surface area contributed by atoms with E-state index in [-0.39, 0.29) is 18.3 Å². The molecule has 3 nitrogen and oxygen atoms in total. The van der Waals surface area contributed by atoms with Crippen molar-refractivity contribution < 1.29 is 4.79 Å². The third kappa shape index (κ3) is 1.72. The van der Waals surface area contributed by atoms with E-state index in [1.165, 1.54) is 12.8 Å². The van der Waals surface area contributed by atoms with Crippen molar-refractivity contribution in [2.45, 2.75) is 31.8 Å². The van der Waals surface area contributed by atoms with Crippen molar-refractivity contribution >= 4 is 18.3 Å². The van der Waals surface area contributed by atoms with Crippen molar-refractivity contribution in [1.29, 1.82) is 0 Å². The first kappa shape index (κ1) is 9.81. The van der Waals surface area contributed by atoms with Crippen LogP contribution in [0.1, 0.15) is 19.8 Å². The van der Waals surface area contributed by atoms with Gasteiger partial charge in [-0.05, 0) is 12.8 Å². The molecule has 2 bridgehead atoms. The summed E-state index contributed by atoms with van der Waals surface area (Å²) in [5.74, 6) is 0.225. The Kier molecular flexibility index (Phi) is 2.96. The van der Waals surface area contributed by atoms with Crippen LogP contribution in [-0.2, 0) is 4.79 Å². The summed E-state index contributed by atoms with van der Waals surface area (Å²) in [5.41, 5.74) is 0. The molecule has 1 N–H and O–H groups in total. The Balaban J connectivity index is 0.000000720. The number of carbonyl (C=O) groups excluding carboxylic acids is 1. The topological polar surface area (TPSA) is 32.3 Å². The minimum Gasteiger partial charge on any atom is -0.340 e. The van der Waals surface area contributed by atoms with Crippen molar-refractivity contribution in [1.82, 2.24) is 10.2 Å². The van der Waals surface area contributed by atoms with Crippen LogP contribution in [0.15, 0.2) is 0 Å². The number of likely N-dealkylation sites (tertiary alicyclic amines) is 1. The largest absolute Gasteiger partial charge is 0.340 e. The highest BCUT2D eigenvalue weighted by Gasteiger charge is 2.32. The van der Waals surface area contributed by atoms with Crippen LogP contribution >= 0.6 is 12.4 Å². The van der Waals surface area contributed by atoms with E-state index < -0.39 is 0 Å². The molecule has 0 aromatic carbocycles. The maximum absolute atomic E-state index is 11.0. The molecule has 2 atom stereocenters. The normalized spacial score (nSPS) is 32.9. The van der Waals surface area contributed by atoms with Crippen molar-refractivity contribution in [3.63, 3.8) is 0 Å². The highest BCUT2D eigenvalue weighted by molar-refractivity contribution is 5.85. The first-order valence-electron chi connectivity index (χ1n) is 4.27. The fraction of sp³-hybridized carbons (Fsp3) is 0.875. The SMILES string of the molecule is CC(=O)N1CC2CCC(C1)N2.Cl. The zero-order chi connectivity index (χ0) is 7.84. The van der Waals surface area contributed by atoms with Gasteiger partial charge < -0.3 is 10.2 Å². The second kappa shape index (κ2) is 3.62. The molecular weight excluding hydrogens is 176 g/mol. The van der Waals surface area contributed by atoms with Gasteiger partial charge in [0.1, 0.15) is 0 Å². The van der Waals surface area contributed by atoms with Gasteiger partial charge in [-0.15, -0.1) is 12.4 Å². The number of piperazine rings is 1. The van der Waals surface area contributed by atoms with E-state index in [1.807, 2.05) is 4.90 Å². The Morgan fingerprint density at radius 1 is 1.33 bits per heavy atom. The highest BCUT2D eigenvalue weighted by atomic mass is 35.5. The number of hydrogen-bond donors (Lipinski definition) is 1. The van der Waals surface area contributed by atoms with Crippen molar-refractivity contribution in [3.05, 3.63) is 0 Å². The number of carbonyl (C=O) groups is 1. The van der Waals surface area contributed by atoms with Gasteiger partial charge in [0.05, 0.1) is 0 Å². The molecule has 4 heteroatoms. The van der Waals surface area contributed by atoms with Gasteiger partial charge in [-0.2, -0.15) is 0 Å². The van der Waals surface area contributed by atoms with E-state index in [1.54, 1.807) is 6.92 Å². The molecule has 1 amide bonds. The molecule has 12 heavy (non-hydrogen) atoms. The third-order valence-corrected chi connectivity index (χ3v) is 2.66. The number of hydrogen-bond acceptors (Lipinski definition) is 2. The Morgan fingerprint density at radius 2 is 1.83 bits per heavy atom. The lowest BCUT2D eigenvalue weighted by Gasteiger charge is -2.31. The summed E-state index contributed by atoms with van der Waals surface area (Å²) in [6, 6.07) is 1.16. The van der Waals surface area contributed by atoms with Crippen LogP contribution in [0.25, 0.3) is 0 Å². The van der Waals surface area contributed by atoms with Gasteiger partial charge >= 0.3 is 0 Å². The van der Waals surface area contributed by atoms with Crippen LogP contribution < -0.4 is 5.32 Å². The number of amides is 1. The Morgan fingerprint density at radius 3 is 2.25 bits per heavy atom. The van der Waals surface area contributed by atoms with Gasteiger partial charge in [0, 0.05) is 32.1 Å². The summed E-state index contributed by atoms with van der Waals surface area (Å²) < 4.78 is 0. The van der Waals surface area contributed by atoms with E-state index in [2.05, 4.69) is 5.32 Å². The smallest absolute Gasteiger partial charge is 0.219 e. The molecule has 0 aliphatic carbocycles. The second-order valence-electron chi connectivity index (χ2n) is 3.56. The number of nitrogens with one attached hydrogen (secondary N) is 1. The summed E-state index contributed by atoms with van der Waals surface area (Å²) in [7, 11) is 0. The monoisotopic (exact) mass is 190 g/mol. The first-order valence-corrected chi connectivity index (χ1v) is 4.27. The Labute approximate surface area is 78.9 Å². The van der Waals surface area contributed by atoms with Crippen LogP contribution in [-0.4, -0.2) is 36.0 Å². The standard InChI is InChI=1S/C8H14N2O.ClH/c1-6(11)10-4-7-2-3-8(5-10)9-7;/h7-9H,2-5H2,1H3;1H. The molecule has 2 unspecified atom stereocenters. The fourth-order valence-corrected chi connectivity index (χ4v) is 2.05. The lowest BCUT2D eigenvalue weighted by molar-refractivity contribution is -0.130. The van der Waals surface area contributed by atoms with Gasteiger partial charge in [0.15, 0.2) is 0 Å². The molecule has 2 heterocycles. The number of nitrogens with zero attached hydrogens (tertiary/aromatic N) is 1. The highest BCUT2D eigenvalue weighted by Crippen LogP contribution is 2.19. The van der Waals surface area contributed by atoms with Crippen LogP contribution in [0, 0.1) is 0 Å². The van der Waals surface area contributed by atoms with Gasteiger partial charge in [0.2, 0.25) is 5.91 Å². The summed E-state index contributed by atoms with van der Waals surface area (Å²) >= 11 is 0. The molecule has 2 fully saturated rings. The summed E-state index contributed by atoms with van der Waals surface area (Å²) in [4.78, 5) is 13.0. The molecular formula is C8H15ClN2O. The van der Waals surface area contributed by atoms with Crippen LogP contribution in [0.5, 0.6) is 0 Å². The maximum Gasteiger partial charge on any atom is 0.219 e. The molecule has 2 rings (SSSR count). The summed E-state index contributed by atoms with van der Waals surface area (Å²) in [6.45, 7) is 3.50. The Hall–Kier alpha value is -0.280. The van der Waals surface area contributed by atoms with Crippen LogP contribution in [0.4, 0.5) is 0 Å². The predicted octanol–water partition coefficient (Wildman–Crippen LogP) is 0.391. The molecule has 0 radical (unpaired) electrons. The average Bonchev–Trinajstić information content (AvgIpc) is 2.30. The second-order valence-corrected chi connectivity index (χ2v) is 3.56. The number of rotatable bonds is 0. The lowest BCUT2D eigenvalue weighted by Crippen LogP contribution is -2.52. The minimum atomic E-state index is 0. The Bertz CT molecular complexity index is 174. The van der Waals surface area contributed by atoms with Gasteiger partial charge in [-0.1, -0.05) is 0 Å². The molecule has 2 aliphatic rings. The molecule has 70 valence electrons. The van der Waals surface area contributed by atoms with E-state index in [0.29, 0.717) is 12.1 Å². The predicted molar refractivity (Wildman–Crippen MR) is 49.4 cm³/mol. The van der Waals surface area contributed by atoms with E-state index in [0.717, 1.165) is 13.1 Å². The third-order valence-electron chi connectivity index (χ3n) is 2.66. The molecule has 0 spiro atoms. The van der Waals surface area contributed by atoms with Crippen molar-refractivity contribution in [3.8, 4) is 0 Å². The van der Waals surface area contributed by atoms with Gasteiger partial charge in [-0.3, -0.25) is 4.79 Å². The quantitative estimate of drug-likeness (QED) is 0.600. The summed E-state index contributed by atoms with van der Waals surface area (Å²) in [6.07, 6.45) is 2.49. The van der Waals surface area contributed by atoms with Crippen molar-refractivity contribution in [2.24, 2.45) is 0 Å². The first-order chi connectivity index (χ1) is 5.25.